The summed E-state index contributed by atoms with van der Waals surface area (Å²) in [4.78, 5) is 29.1. The van der Waals surface area contributed by atoms with Crippen molar-refractivity contribution in [3.05, 3.63) is 0 Å². The molecular weight excluding hydrogens is 264 g/mol. The summed E-state index contributed by atoms with van der Waals surface area (Å²) < 4.78 is 0. The van der Waals surface area contributed by atoms with Crippen LogP contribution in [0, 0.1) is 17.8 Å². The number of amides is 2. The van der Waals surface area contributed by atoms with Crippen LogP contribution in [0.4, 0.5) is 0 Å². The van der Waals surface area contributed by atoms with Crippen molar-refractivity contribution in [3.8, 4) is 0 Å². The Morgan fingerprint density at radius 2 is 1.67 bits per heavy atom. The molecule has 0 saturated carbocycles. The fourth-order valence-corrected chi connectivity index (χ4v) is 3.87. The minimum atomic E-state index is -0.299. The maximum Gasteiger partial charge on any atom is 0.246 e. The molecule has 0 aromatic rings. The first-order valence-electron chi connectivity index (χ1n) is 8.45. The fourth-order valence-electron chi connectivity index (χ4n) is 3.87. The highest BCUT2D eigenvalue weighted by Gasteiger charge is 2.45. The lowest BCUT2D eigenvalue weighted by Crippen LogP contribution is -2.65. The standard InChI is InChI=1S/C17H30N2O2/c1-11(2)14(12(3)4)10-19-13(5)16(20)18-9-7-6-8-15(18)17(19)21/h11-15H,6-10H2,1-5H3. The summed E-state index contributed by atoms with van der Waals surface area (Å²) in [5.41, 5.74) is 0. The minimum Gasteiger partial charge on any atom is -0.329 e. The SMILES string of the molecule is CC(C)C(CN1C(=O)C2CCCCN2C(=O)C1C)C(C)C. The molecule has 0 N–H and O–H groups in total. The van der Waals surface area contributed by atoms with Crippen LogP contribution in [-0.4, -0.2) is 46.8 Å². The van der Waals surface area contributed by atoms with E-state index in [0.717, 1.165) is 25.8 Å². The van der Waals surface area contributed by atoms with E-state index < -0.39 is 0 Å². The third kappa shape index (κ3) is 3.09. The zero-order chi connectivity index (χ0) is 15.7. The molecule has 0 aromatic carbocycles. The van der Waals surface area contributed by atoms with Crippen molar-refractivity contribution in [3.63, 3.8) is 0 Å². The number of carbonyl (C=O) groups is 2. The van der Waals surface area contributed by atoms with Crippen LogP contribution in [0.5, 0.6) is 0 Å². The predicted molar refractivity (Wildman–Crippen MR) is 83.7 cm³/mol. The van der Waals surface area contributed by atoms with Gasteiger partial charge in [0.25, 0.3) is 0 Å². The molecule has 2 saturated heterocycles. The minimum absolute atomic E-state index is 0.144. The van der Waals surface area contributed by atoms with Gasteiger partial charge in [0.05, 0.1) is 0 Å². The highest BCUT2D eigenvalue weighted by molar-refractivity contribution is 5.96. The zero-order valence-corrected chi connectivity index (χ0v) is 14.1. The number of nitrogens with zero attached hydrogens (tertiary/aromatic N) is 2. The molecule has 2 unspecified atom stereocenters. The maximum absolute atomic E-state index is 12.8. The van der Waals surface area contributed by atoms with Gasteiger partial charge in [-0.3, -0.25) is 9.59 Å². The van der Waals surface area contributed by atoms with Crippen molar-refractivity contribution < 1.29 is 9.59 Å². The summed E-state index contributed by atoms with van der Waals surface area (Å²) in [7, 11) is 0. The molecule has 2 fully saturated rings. The summed E-state index contributed by atoms with van der Waals surface area (Å²) in [6, 6.07) is -0.491. The number of fused-ring (bicyclic) bond motifs is 1. The van der Waals surface area contributed by atoms with Gasteiger partial charge in [0.2, 0.25) is 11.8 Å². The van der Waals surface area contributed by atoms with Crippen molar-refractivity contribution in [1.82, 2.24) is 9.80 Å². The lowest BCUT2D eigenvalue weighted by atomic mass is 9.84. The molecule has 2 aliphatic heterocycles. The second-order valence-corrected chi connectivity index (χ2v) is 7.36. The van der Waals surface area contributed by atoms with Gasteiger partial charge in [-0.1, -0.05) is 27.7 Å². The molecule has 0 spiro atoms. The van der Waals surface area contributed by atoms with E-state index >= 15 is 0 Å². The molecule has 2 amide bonds. The van der Waals surface area contributed by atoms with E-state index in [1.54, 1.807) is 0 Å². The highest BCUT2D eigenvalue weighted by Crippen LogP contribution is 2.29. The van der Waals surface area contributed by atoms with Crippen molar-refractivity contribution in [2.24, 2.45) is 17.8 Å². The summed E-state index contributed by atoms with van der Waals surface area (Å²) in [5.74, 6) is 1.80. The quantitative estimate of drug-likeness (QED) is 0.799. The van der Waals surface area contributed by atoms with Crippen LogP contribution in [0.15, 0.2) is 0 Å². The van der Waals surface area contributed by atoms with Gasteiger partial charge in [0, 0.05) is 13.1 Å². The Morgan fingerprint density at radius 1 is 1.05 bits per heavy atom. The third-order valence-corrected chi connectivity index (χ3v) is 5.30. The Kier molecular flexibility index (Phi) is 4.95. The molecule has 4 nitrogen and oxygen atoms in total. The van der Waals surface area contributed by atoms with Crippen LogP contribution in [0.3, 0.4) is 0 Å². The van der Waals surface area contributed by atoms with Crippen LogP contribution in [0.2, 0.25) is 0 Å². The van der Waals surface area contributed by atoms with E-state index in [4.69, 9.17) is 0 Å². The van der Waals surface area contributed by atoms with Crippen LogP contribution < -0.4 is 0 Å². The maximum atomic E-state index is 12.8. The van der Waals surface area contributed by atoms with E-state index in [2.05, 4.69) is 27.7 Å². The molecule has 120 valence electrons. The number of rotatable bonds is 4. The van der Waals surface area contributed by atoms with Gasteiger partial charge in [-0.25, -0.2) is 0 Å². The summed E-state index contributed by atoms with van der Waals surface area (Å²) in [6.07, 6.45) is 2.92. The van der Waals surface area contributed by atoms with Gasteiger partial charge >= 0.3 is 0 Å². The van der Waals surface area contributed by atoms with E-state index in [1.807, 2.05) is 16.7 Å². The largest absolute Gasteiger partial charge is 0.329 e. The van der Waals surface area contributed by atoms with Crippen molar-refractivity contribution >= 4 is 11.8 Å². The second kappa shape index (κ2) is 6.37. The molecular formula is C17H30N2O2. The van der Waals surface area contributed by atoms with Crippen LogP contribution in [0.1, 0.15) is 53.9 Å². The van der Waals surface area contributed by atoms with Gasteiger partial charge in [-0.2, -0.15) is 0 Å². The van der Waals surface area contributed by atoms with Gasteiger partial charge < -0.3 is 9.80 Å². The monoisotopic (exact) mass is 294 g/mol. The van der Waals surface area contributed by atoms with Gasteiger partial charge in [-0.05, 0) is 43.9 Å². The van der Waals surface area contributed by atoms with Crippen molar-refractivity contribution in [2.45, 2.75) is 66.0 Å². The Balaban J connectivity index is 2.18. The number of piperazine rings is 1. The molecule has 0 aliphatic carbocycles. The van der Waals surface area contributed by atoms with Crippen LogP contribution in [-0.2, 0) is 9.59 Å². The molecule has 2 rings (SSSR count). The van der Waals surface area contributed by atoms with E-state index in [0.29, 0.717) is 24.3 Å². The normalized spacial score (nSPS) is 27.0. The summed E-state index contributed by atoms with van der Waals surface area (Å²) in [6.45, 7) is 12.2. The van der Waals surface area contributed by atoms with Crippen LogP contribution in [0.25, 0.3) is 0 Å². The van der Waals surface area contributed by atoms with Gasteiger partial charge in [0.15, 0.2) is 0 Å². The number of hydrogen-bond donors (Lipinski definition) is 0. The number of hydrogen-bond acceptors (Lipinski definition) is 2. The summed E-state index contributed by atoms with van der Waals surface area (Å²) >= 11 is 0. The molecule has 0 radical (unpaired) electrons. The first kappa shape index (κ1) is 16.3. The first-order valence-corrected chi connectivity index (χ1v) is 8.45. The second-order valence-electron chi connectivity index (χ2n) is 7.36. The average molecular weight is 294 g/mol. The average Bonchev–Trinajstić information content (AvgIpc) is 2.44. The first-order chi connectivity index (χ1) is 9.84. The number of carbonyl (C=O) groups excluding carboxylic acids is 2. The topological polar surface area (TPSA) is 40.6 Å². The number of piperidine rings is 1. The molecule has 4 heteroatoms. The Morgan fingerprint density at radius 3 is 2.24 bits per heavy atom. The molecule has 21 heavy (non-hydrogen) atoms. The Hall–Kier alpha value is -1.06. The van der Waals surface area contributed by atoms with E-state index in [-0.39, 0.29) is 23.9 Å². The lowest BCUT2D eigenvalue weighted by molar-refractivity contribution is -0.164. The van der Waals surface area contributed by atoms with Gasteiger partial charge in [-0.15, -0.1) is 0 Å². The molecule has 2 atom stereocenters. The lowest BCUT2D eigenvalue weighted by Gasteiger charge is -2.47. The van der Waals surface area contributed by atoms with Crippen LogP contribution >= 0.6 is 0 Å². The third-order valence-electron chi connectivity index (χ3n) is 5.30. The van der Waals surface area contributed by atoms with Crippen molar-refractivity contribution in [1.29, 1.82) is 0 Å². The smallest absolute Gasteiger partial charge is 0.246 e. The van der Waals surface area contributed by atoms with E-state index in [1.165, 1.54) is 0 Å². The zero-order valence-electron chi connectivity index (χ0n) is 14.1. The molecule has 0 bridgehead atoms. The fraction of sp³-hybridized carbons (Fsp3) is 0.882. The molecule has 2 aliphatic rings. The van der Waals surface area contributed by atoms with Crippen molar-refractivity contribution in [2.75, 3.05) is 13.1 Å². The highest BCUT2D eigenvalue weighted by atomic mass is 16.2. The predicted octanol–water partition coefficient (Wildman–Crippen LogP) is 2.53. The van der Waals surface area contributed by atoms with E-state index in [9.17, 15) is 9.59 Å². The Bertz CT molecular complexity index is 398. The molecule has 2 heterocycles. The van der Waals surface area contributed by atoms with Gasteiger partial charge in [0.1, 0.15) is 12.1 Å². The Labute approximate surface area is 128 Å². The molecule has 0 aromatic heterocycles. The summed E-state index contributed by atoms with van der Waals surface area (Å²) in [5, 5.41) is 0.